The van der Waals surface area contributed by atoms with Crippen molar-refractivity contribution in [2.75, 3.05) is 4.90 Å². The van der Waals surface area contributed by atoms with Crippen molar-refractivity contribution in [2.45, 2.75) is 12.3 Å². The summed E-state index contributed by atoms with van der Waals surface area (Å²) < 4.78 is 6.93. The third-order valence-electron chi connectivity index (χ3n) is 12.2. The van der Waals surface area contributed by atoms with Crippen molar-refractivity contribution in [3.05, 3.63) is 235 Å². The maximum absolute atomic E-state index is 6.93. The van der Waals surface area contributed by atoms with Gasteiger partial charge in [-0.3, -0.25) is 0 Å². The van der Waals surface area contributed by atoms with Crippen LogP contribution < -0.4 is 4.90 Å². The van der Waals surface area contributed by atoms with Crippen molar-refractivity contribution in [1.82, 2.24) is 0 Å². The molecular formula is C56H39NO. The van der Waals surface area contributed by atoms with Crippen LogP contribution in [0.25, 0.3) is 66.4 Å². The van der Waals surface area contributed by atoms with Gasteiger partial charge in [0.1, 0.15) is 11.2 Å². The number of anilines is 3. The molecule has 0 saturated carbocycles. The second kappa shape index (κ2) is 13.7. The molecule has 274 valence electrons. The van der Waals surface area contributed by atoms with Gasteiger partial charge in [0, 0.05) is 38.8 Å². The highest BCUT2D eigenvalue weighted by Gasteiger charge is 2.42. The fourth-order valence-corrected chi connectivity index (χ4v) is 9.36. The van der Waals surface area contributed by atoms with Gasteiger partial charge in [-0.15, -0.1) is 0 Å². The first-order chi connectivity index (χ1) is 28.6. The Hall–Kier alpha value is -7.42. The van der Waals surface area contributed by atoms with Gasteiger partial charge in [-0.05, 0) is 105 Å². The lowest BCUT2D eigenvalue weighted by atomic mass is 9.73. The third-order valence-corrected chi connectivity index (χ3v) is 12.2. The van der Waals surface area contributed by atoms with E-state index in [-0.39, 0.29) is 5.41 Å². The molecule has 0 spiro atoms. The standard InChI is InChI=1S/C56H39NO/c1-56(50-25-10-8-21-47(50)48-22-9-11-26-51(48)56)52-27-14-28-53-54(52)49-24-13-23-46(55(49)58-53)42-19-12-20-45(37-42)57(43-33-29-40(30-34-43)38-15-4-2-5-16-38)44-35-31-41(32-36-44)39-17-6-3-7-18-39/h2-37H,1H3. The predicted molar refractivity (Wildman–Crippen MR) is 242 cm³/mol. The van der Waals surface area contributed by atoms with E-state index in [4.69, 9.17) is 4.42 Å². The molecule has 10 aromatic rings. The summed E-state index contributed by atoms with van der Waals surface area (Å²) >= 11 is 0. The van der Waals surface area contributed by atoms with E-state index >= 15 is 0 Å². The zero-order valence-corrected chi connectivity index (χ0v) is 32.1. The summed E-state index contributed by atoms with van der Waals surface area (Å²) in [5, 5.41) is 2.30. The number of hydrogen-bond acceptors (Lipinski definition) is 2. The largest absolute Gasteiger partial charge is 0.455 e. The Morgan fingerprint density at radius 2 is 0.828 bits per heavy atom. The average Bonchev–Trinajstić information content (AvgIpc) is 3.81. The van der Waals surface area contributed by atoms with Gasteiger partial charge < -0.3 is 9.32 Å². The van der Waals surface area contributed by atoms with Gasteiger partial charge in [0.05, 0.1) is 0 Å². The summed E-state index contributed by atoms with van der Waals surface area (Å²) in [4.78, 5) is 2.35. The van der Waals surface area contributed by atoms with Gasteiger partial charge in [-0.2, -0.15) is 0 Å². The van der Waals surface area contributed by atoms with E-state index in [1.54, 1.807) is 0 Å². The van der Waals surface area contributed by atoms with Crippen LogP contribution in [-0.2, 0) is 5.41 Å². The lowest BCUT2D eigenvalue weighted by Gasteiger charge is -2.29. The number of hydrogen-bond donors (Lipinski definition) is 0. The predicted octanol–water partition coefficient (Wildman–Crippen LogP) is 15.4. The molecule has 58 heavy (non-hydrogen) atoms. The molecule has 0 aliphatic heterocycles. The Morgan fingerprint density at radius 1 is 0.362 bits per heavy atom. The van der Waals surface area contributed by atoms with E-state index < -0.39 is 0 Å². The van der Waals surface area contributed by atoms with E-state index in [0.29, 0.717) is 0 Å². The van der Waals surface area contributed by atoms with Gasteiger partial charge in [0.2, 0.25) is 0 Å². The van der Waals surface area contributed by atoms with E-state index in [0.717, 1.165) is 44.7 Å². The molecule has 0 fully saturated rings. The highest BCUT2D eigenvalue weighted by molar-refractivity contribution is 6.12. The van der Waals surface area contributed by atoms with Gasteiger partial charge in [0.25, 0.3) is 0 Å². The molecule has 0 amide bonds. The molecule has 0 bridgehead atoms. The fourth-order valence-electron chi connectivity index (χ4n) is 9.36. The van der Waals surface area contributed by atoms with Crippen LogP contribution in [0.15, 0.2) is 223 Å². The lowest BCUT2D eigenvalue weighted by Crippen LogP contribution is -2.22. The SMILES string of the molecule is CC1(c2cccc3oc4c(-c5cccc(N(c6ccc(-c7ccccc7)cc6)c6ccc(-c7ccccc7)cc6)c5)cccc4c23)c2ccccc2-c2ccccc21. The molecule has 0 radical (unpaired) electrons. The van der Waals surface area contributed by atoms with Crippen molar-refractivity contribution in [2.24, 2.45) is 0 Å². The van der Waals surface area contributed by atoms with Crippen molar-refractivity contribution in [3.8, 4) is 44.5 Å². The summed E-state index contributed by atoms with van der Waals surface area (Å²) in [5.74, 6) is 0. The molecule has 2 nitrogen and oxygen atoms in total. The van der Waals surface area contributed by atoms with E-state index in [2.05, 4.69) is 230 Å². The Bertz CT molecular complexity index is 2980. The van der Waals surface area contributed by atoms with Crippen molar-refractivity contribution < 1.29 is 4.42 Å². The Labute approximate surface area is 338 Å². The Morgan fingerprint density at radius 3 is 1.43 bits per heavy atom. The molecule has 1 heterocycles. The van der Waals surface area contributed by atoms with Crippen molar-refractivity contribution in [3.63, 3.8) is 0 Å². The molecule has 11 rings (SSSR count). The molecule has 1 aromatic heterocycles. The normalized spacial score (nSPS) is 12.7. The molecule has 0 N–H and O–H groups in total. The number of rotatable bonds is 7. The Balaban J connectivity index is 1.05. The van der Waals surface area contributed by atoms with Gasteiger partial charge in [-0.25, -0.2) is 0 Å². The van der Waals surface area contributed by atoms with Crippen molar-refractivity contribution >= 4 is 39.0 Å². The highest BCUT2D eigenvalue weighted by Crippen LogP contribution is 2.54. The molecule has 1 aliphatic carbocycles. The third kappa shape index (κ3) is 5.41. The second-order valence-electron chi connectivity index (χ2n) is 15.4. The van der Waals surface area contributed by atoms with Crippen LogP contribution in [0, 0.1) is 0 Å². The van der Waals surface area contributed by atoms with Crippen LogP contribution in [0.1, 0.15) is 23.6 Å². The quantitative estimate of drug-likeness (QED) is 0.162. The summed E-state index contributed by atoms with van der Waals surface area (Å²) in [6, 6.07) is 78.6. The highest BCUT2D eigenvalue weighted by atomic mass is 16.3. The molecule has 0 unspecified atom stereocenters. The molecule has 1 aliphatic rings. The number of benzene rings is 9. The first kappa shape index (κ1) is 33.9. The minimum atomic E-state index is -0.341. The molecule has 0 saturated heterocycles. The van der Waals surface area contributed by atoms with Crippen LogP contribution in [0.5, 0.6) is 0 Å². The van der Waals surface area contributed by atoms with E-state index in [9.17, 15) is 0 Å². The minimum absolute atomic E-state index is 0.341. The fraction of sp³-hybridized carbons (Fsp3) is 0.0357. The monoisotopic (exact) mass is 741 g/mol. The van der Waals surface area contributed by atoms with Crippen LogP contribution in [-0.4, -0.2) is 0 Å². The average molecular weight is 742 g/mol. The van der Waals surface area contributed by atoms with Crippen LogP contribution in [0.2, 0.25) is 0 Å². The molecule has 9 aromatic carbocycles. The first-order valence-electron chi connectivity index (χ1n) is 20.0. The Kier molecular flexibility index (Phi) is 7.97. The van der Waals surface area contributed by atoms with E-state index in [1.165, 1.54) is 55.5 Å². The zero-order valence-electron chi connectivity index (χ0n) is 32.1. The van der Waals surface area contributed by atoms with E-state index in [1.807, 2.05) is 0 Å². The number of nitrogens with zero attached hydrogens (tertiary/aromatic N) is 1. The lowest BCUT2D eigenvalue weighted by molar-refractivity contribution is 0.667. The summed E-state index contributed by atoms with van der Waals surface area (Å²) in [6.07, 6.45) is 0. The van der Waals surface area contributed by atoms with Crippen LogP contribution in [0.3, 0.4) is 0 Å². The maximum Gasteiger partial charge on any atom is 0.143 e. The number of para-hydroxylation sites is 1. The smallest absolute Gasteiger partial charge is 0.143 e. The first-order valence-corrected chi connectivity index (χ1v) is 20.0. The molecular weight excluding hydrogens is 703 g/mol. The summed E-state index contributed by atoms with van der Waals surface area (Å²) in [5.41, 5.74) is 18.2. The van der Waals surface area contributed by atoms with Crippen LogP contribution >= 0.6 is 0 Å². The van der Waals surface area contributed by atoms with Crippen molar-refractivity contribution in [1.29, 1.82) is 0 Å². The van der Waals surface area contributed by atoms with Crippen LogP contribution in [0.4, 0.5) is 17.1 Å². The molecule has 2 heteroatoms. The van der Waals surface area contributed by atoms with Gasteiger partial charge >= 0.3 is 0 Å². The second-order valence-corrected chi connectivity index (χ2v) is 15.4. The van der Waals surface area contributed by atoms with Gasteiger partial charge in [0.15, 0.2) is 0 Å². The number of fused-ring (bicyclic) bond motifs is 6. The minimum Gasteiger partial charge on any atom is -0.455 e. The number of furan rings is 1. The topological polar surface area (TPSA) is 16.4 Å². The maximum atomic E-state index is 6.93. The molecule has 0 atom stereocenters. The summed E-state index contributed by atoms with van der Waals surface area (Å²) in [7, 11) is 0. The summed E-state index contributed by atoms with van der Waals surface area (Å²) in [6.45, 7) is 2.38. The van der Waals surface area contributed by atoms with Gasteiger partial charge in [-0.1, -0.05) is 176 Å². The zero-order chi connectivity index (χ0) is 38.6.